The summed E-state index contributed by atoms with van der Waals surface area (Å²) in [4.78, 5) is 4.11. The summed E-state index contributed by atoms with van der Waals surface area (Å²) in [6.07, 6.45) is 19.9. The zero-order valence-corrected chi connectivity index (χ0v) is 10.5. The van der Waals surface area contributed by atoms with Crippen LogP contribution in [0.5, 0.6) is 0 Å². The smallest absolute Gasteiger partial charge is 0.108 e. The molecule has 0 N–H and O–H groups in total. The average molecular weight is 256 g/mol. The molecule has 0 saturated heterocycles. The van der Waals surface area contributed by atoms with Crippen molar-refractivity contribution in [2.45, 2.75) is 0 Å². The minimum absolute atomic E-state index is 0.857. The topological polar surface area (TPSA) is 34.5 Å². The average Bonchev–Trinajstić information content (AvgIpc) is 2.81. The third-order valence-corrected chi connectivity index (χ3v) is 2.70. The second-order valence-electron chi connectivity index (χ2n) is 3.31. The molecular weight excluding hydrogens is 244 g/mol. The lowest BCUT2D eigenvalue weighted by Crippen LogP contribution is -1.82. The van der Waals surface area contributed by atoms with Crippen molar-refractivity contribution in [1.82, 2.24) is 4.37 Å². The van der Waals surface area contributed by atoms with Crippen LogP contribution in [-0.4, -0.2) is 10.6 Å². The lowest BCUT2D eigenvalue weighted by molar-refractivity contribution is 0.402. The Kier molecular flexibility index (Phi) is 4.90. The van der Waals surface area contributed by atoms with Crippen molar-refractivity contribution in [3.8, 4) is 0 Å². The molecule has 2 rings (SSSR count). The molecule has 0 aliphatic carbocycles. The lowest BCUT2D eigenvalue weighted by atomic mass is 10.2. The first-order valence-electron chi connectivity index (χ1n) is 5.41. The summed E-state index contributed by atoms with van der Waals surface area (Å²) in [5, 5.41) is 1.99. The summed E-state index contributed by atoms with van der Waals surface area (Å²) in [7, 11) is 0. The Balaban J connectivity index is 2.22. The Morgan fingerprint density at radius 3 is 2.72 bits per heavy atom. The van der Waals surface area contributed by atoms with E-state index in [4.69, 9.17) is 4.74 Å². The van der Waals surface area contributed by atoms with Crippen LogP contribution in [0.2, 0.25) is 0 Å². The normalized spacial score (nSPS) is 23.8. The lowest BCUT2D eigenvalue weighted by Gasteiger charge is -1.88. The van der Waals surface area contributed by atoms with E-state index in [1.165, 1.54) is 17.8 Å². The van der Waals surface area contributed by atoms with Gasteiger partial charge in [-0.15, -0.1) is 0 Å². The highest BCUT2D eigenvalue weighted by Gasteiger charge is 1.98. The van der Waals surface area contributed by atoms with Crippen LogP contribution in [0.1, 0.15) is 11.3 Å². The molecule has 2 heterocycles. The van der Waals surface area contributed by atoms with Gasteiger partial charge in [-0.2, -0.15) is 4.37 Å². The molecule has 3 nitrogen and oxygen atoms in total. The Morgan fingerprint density at radius 2 is 1.78 bits per heavy atom. The summed E-state index contributed by atoms with van der Waals surface area (Å²) in [6, 6.07) is 0. The summed E-state index contributed by atoms with van der Waals surface area (Å²) >= 11 is 1.41. The molecule has 1 aromatic heterocycles. The molecule has 0 amide bonds. The van der Waals surface area contributed by atoms with E-state index in [2.05, 4.69) is 9.37 Å². The molecule has 90 valence electrons. The first-order valence-corrected chi connectivity index (χ1v) is 6.25. The Morgan fingerprint density at radius 1 is 0.944 bits per heavy atom. The quantitative estimate of drug-likeness (QED) is 0.709. The van der Waals surface area contributed by atoms with Gasteiger partial charge in [-0.25, -0.2) is 0 Å². The Labute approximate surface area is 110 Å². The second kappa shape index (κ2) is 7.19. The van der Waals surface area contributed by atoms with Gasteiger partial charge in [0, 0.05) is 10.9 Å². The zero-order valence-electron chi connectivity index (χ0n) is 9.64. The van der Waals surface area contributed by atoms with Crippen molar-refractivity contribution in [2.75, 3.05) is 0 Å². The highest BCUT2D eigenvalue weighted by molar-refractivity contribution is 7.04. The van der Waals surface area contributed by atoms with Crippen molar-refractivity contribution in [3.05, 3.63) is 71.8 Å². The van der Waals surface area contributed by atoms with Gasteiger partial charge in [0.1, 0.15) is 12.0 Å². The molecule has 0 unspecified atom stereocenters. The van der Waals surface area contributed by atoms with Gasteiger partial charge in [0.25, 0.3) is 0 Å². The molecule has 0 radical (unpaired) electrons. The molecule has 0 spiro atoms. The SMILES string of the molecule is C1=N/C=C\O\C=C/C=C\C=C/C=C\c2csnc21. The summed E-state index contributed by atoms with van der Waals surface area (Å²) in [6.45, 7) is 0. The van der Waals surface area contributed by atoms with Crippen LogP contribution in [0.15, 0.2) is 65.6 Å². The zero-order chi connectivity index (χ0) is 12.5. The third kappa shape index (κ3) is 3.99. The highest BCUT2D eigenvalue weighted by atomic mass is 32.1. The molecule has 0 saturated carbocycles. The van der Waals surface area contributed by atoms with Crippen LogP contribution in [0.3, 0.4) is 0 Å². The number of ether oxygens (including phenoxy) is 1. The van der Waals surface area contributed by atoms with Crippen LogP contribution < -0.4 is 0 Å². The van der Waals surface area contributed by atoms with E-state index in [1.54, 1.807) is 24.8 Å². The van der Waals surface area contributed by atoms with Crippen molar-refractivity contribution in [1.29, 1.82) is 0 Å². The Hall–Kier alpha value is -2.20. The third-order valence-electron chi connectivity index (χ3n) is 2.04. The largest absolute Gasteiger partial charge is 0.471 e. The molecule has 18 heavy (non-hydrogen) atoms. The molecule has 0 aromatic carbocycles. The minimum atomic E-state index is 0.857. The maximum absolute atomic E-state index is 5.10. The minimum Gasteiger partial charge on any atom is -0.471 e. The number of hydrogen-bond acceptors (Lipinski definition) is 4. The van der Waals surface area contributed by atoms with Gasteiger partial charge in [-0.1, -0.05) is 36.5 Å². The monoisotopic (exact) mass is 256 g/mol. The molecular formula is C14H12N2OS. The van der Waals surface area contributed by atoms with Crippen LogP contribution in [0, 0.1) is 0 Å². The standard InChI is InChI=1S/C14H12N2OS/c1-2-4-6-9-17-10-8-15-11-14-13(7-5-3-1)12-18-16-14/h1-12H/b3-1-,4-2-,7-5-,9-6-,10-8-,15-11?. The molecule has 4 heteroatoms. The van der Waals surface area contributed by atoms with Crippen molar-refractivity contribution in [2.24, 2.45) is 4.99 Å². The van der Waals surface area contributed by atoms with E-state index in [-0.39, 0.29) is 0 Å². The van der Waals surface area contributed by atoms with Crippen molar-refractivity contribution < 1.29 is 4.74 Å². The highest BCUT2D eigenvalue weighted by Crippen LogP contribution is 2.10. The van der Waals surface area contributed by atoms with E-state index in [0.29, 0.717) is 0 Å². The molecule has 1 aliphatic rings. The maximum atomic E-state index is 5.10. The van der Waals surface area contributed by atoms with E-state index in [1.807, 2.05) is 41.8 Å². The van der Waals surface area contributed by atoms with Crippen LogP contribution >= 0.6 is 11.5 Å². The van der Waals surface area contributed by atoms with Crippen LogP contribution in [-0.2, 0) is 4.74 Å². The second-order valence-corrected chi connectivity index (χ2v) is 3.94. The fourth-order valence-corrected chi connectivity index (χ4v) is 1.84. The maximum Gasteiger partial charge on any atom is 0.108 e. The number of hydrogen-bond donors (Lipinski definition) is 0. The van der Waals surface area contributed by atoms with Gasteiger partial charge in [0.15, 0.2) is 0 Å². The van der Waals surface area contributed by atoms with Gasteiger partial charge in [-0.05, 0) is 17.6 Å². The van der Waals surface area contributed by atoms with E-state index in [0.717, 1.165) is 11.3 Å². The van der Waals surface area contributed by atoms with Gasteiger partial charge in [-0.3, -0.25) is 4.99 Å². The number of rotatable bonds is 0. The van der Waals surface area contributed by atoms with Gasteiger partial charge >= 0.3 is 0 Å². The summed E-state index contributed by atoms with van der Waals surface area (Å²) in [5.74, 6) is 0. The predicted octanol–water partition coefficient (Wildman–Crippen LogP) is 3.70. The number of aliphatic imine (C=N–C) groups is 1. The first-order chi connectivity index (χ1) is 8.97. The Bertz CT molecular complexity index is 548. The summed E-state index contributed by atoms with van der Waals surface area (Å²) in [5.41, 5.74) is 1.91. The van der Waals surface area contributed by atoms with Crippen molar-refractivity contribution >= 4 is 23.8 Å². The molecule has 1 aromatic rings. The number of fused-ring (bicyclic) bond motifs is 1. The van der Waals surface area contributed by atoms with Gasteiger partial charge in [0.2, 0.25) is 0 Å². The fraction of sp³-hybridized carbons (Fsp3) is 0. The first kappa shape index (κ1) is 12.3. The number of aromatic nitrogens is 1. The van der Waals surface area contributed by atoms with Crippen LogP contribution in [0.4, 0.5) is 0 Å². The summed E-state index contributed by atoms with van der Waals surface area (Å²) < 4.78 is 9.36. The van der Waals surface area contributed by atoms with E-state index < -0.39 is 0 Å². The molecule has 0 atom stereocenters. The molecule has 0 fully saturated rings. The van der Waals surface area contributed by atoms with Gasteiger partial charge < -0.3 is 4.74 Å². The van der Waals surface area contributed by atoms with Gasteiger partial charge in [0.05, 0.1) is 18.7 Å². The molecule has 0 bridgehead atoms. The number of nitrogens with zero attached hydrogens (tertiary/aromatic N) is 2. The van der Waals surface area contributed by atoms with Crippen LogP contribution in [0.25, 0.3) is 6.08 Å². The van der Waals surface area contributed by atoms with E-state index >= 15 is 0 Å². The van der Waals surface area contributed by atoms with Crippen molar-refractivity contribution in [3.63, 3.8) is 0 Å². The number of allylic oxidation sites excluding steroid dienone is 6. The predicted molar refractivity (Wildman–Crippen MR) is 76.4 cm³/mol. The van der Waals surface area contributed by atoms with E-state index in [9.17, 15) is 0 Å². The fourth-order valence-electron chi connectivity index (χ4n) is 1.21. The molecule has 1 aliphatic heterocycles.